The van der Waals surface area contributed by atoms with Gasteiger partial charge in [0, 0.05) is 6.21 Å². The highest BCUT2D eigenvalue weighted by atomic mass is 35.5. The molecule has 0 heterocycles. The van der Waals surface area contributed by atoms with Gasteiger partial charge in [-0.3, -0.25) is 4.99 Å². The van der Waals surface area contributed by atoms with Gasteiger partial charge in [0.15, 0.2) is 0 Å². The third-order valence-electron chi connectivity index (χ3n) is 2.31. The van der Waals surface area contributed by atoms with Crippen molar-refractivity contribution in [2.75, 3.05) is 5.73 Å². The Morgan fingerprint density at radius 3 is 2.17 bits per heavy atom. The first kappa shape index (κ1) is 12.7. The van der Waals surface area contributed by atoms with E-state index < -0.39 is 0 Å². The van der Waals surface area contributed by atoms with Crippen molar-refractivity contribution >= 4 is 40.8 Å². The second-order valence-electron chi connectivity index (χ2n) is 3.67. The molecule has 3 N–H and O–H groups in total. The number of rotatable bonds is 2. The van der Waals surface area contributed by atoms with E-state index in [1.165, 1.54) is 0 Å². The summed E-state index contributed by atoms with van der Waals surface area (Å²) in [7, 11) is 0. The molecular weight excluding hydrogens is 271 g/mol. The van der Waals surface area contributed by atoms with Crippen LogP contribution in [0.1, 0.15) is 5.56 Å². The molecule has 0 aliphatic rings. The normalized spacial score (nSPS) is 11.0. The first-order chi connectivity index (χ1) is 8.56. The lowest BCUT2D eigenvalue weighted by Crippen LogP contribution is -1.90. The molecule has 0 fully saturated rings. The van der Waals surface area contributed by atoms with Gasteiger partial charge in [0.25, 0.3) is 0 Å². The Balaban J connectivity index is 2.26. The number of phenolic OH excluding ortho intramolecular Hbond substituents is 1. The van der Waals surface area contributed by atoms with E-state index in [1.54, 1.807) is 42.6 Å². The van der Waals surface area contributed by atoms with Crippen LogP contribution in [-0.2, 0) is 0 Å². The smallest absolute Gasteiger partial charge is 0.115 e. The van der Waals surface area contributed by atoms with Gasteiger partial charge in [-0.1, -0.05) is 23.2 Å². The van der Waals surface area contributed by atoms with Crippen LogP contribution in [0, 0.1) is 0 Å². The second-order valence-corrected chi connectivity index (χ2v) is 4.49. The minimum Gasteiger partial charge on any atom is -0.508 e. The number of nitrogens with two attached hydrogens (primary N) is 1. The minimum absolute atomic E-state index is 0.201. The van der Waals surface area contributed by atoms with Gasteiger partial charge in [0.1, 0.15) is 5.75 Å². The molecule has 0 atom stereocenters. The Kier molecular flexibility index (Phi) is 3.75. The lowest BCUT2D eigenvalue weighted by molar-refractivity contribution is 0.475. The van der Waals surface area contributed by atoms with Crippen molar-refractivity contribution in [3.8, 4) is 5.75 Å². The quantitative estimate of drug-likeness (QED) is 0.645. The molecule has 2 rings (SSSR count). The molecule has 3 nitrogen and oxygen atoms in total. The Morgan fingerprint density at radius 2 is 1.61 bits per heavy atom. The van der Waals surface area contributed by atoms with Gasteiger partial charge in [-0.2, -0.15) is 0 Å². The zero-order valence-corrected chi connectivity index (χ0v) is 10.8. The molecule has 0 saturated carbocycles. The number of hydrogen-bond acceptors (Lipinski definition) is 3. The molecular formula is C13H10Cl2N2O. The van der Waals surface area contributed by atoms with Crippen LogP contribution in [0.2, 0.25) is 10.0 Å². The first-order valence-corrected chi connectivity index (χ1v) is 5.89. The summed E-state index contributed by atoms with van der Waals surface area (Å²) in [6.45, 7) is 0. The molecule has 0 radical (unpaired) electrons. The largest absolute Gasteiger partial charge is 0.508 e. The van der Waals surface area contributed by atoms with Gasteiger partial charge in [-0.15, -0.1) is 0 Å². The summed E-state index contributed by atoms with van der Waals surface area (Å²) in [6.07, 6.45) is 1.63. The number of aromatic hydroxyl groups is 1. The van der Waals surface area contributed by atoms with E-state index in [4.69, 9.17) is 34.0 Å². The molecule has 0 saturated heterocycles. The average Bonchev–Trinajstić information content (AvgIpc) is 2.35. The third-order valence-corrected chi connectivity index (χ3v) is 2.94. The van der Waals surface area contributed by atoms with Crippen molar-refractivity contribution in [1.82, 2.24) is 0 Å². The first-order valence-electron chi connectivity index (χ1n) is 5.14. The standard InChI is InChI=1S/C13H10Cl2N2O/c14-11-5-8(6-12(15)13(11)16)7-17-9-1-3-10(18)4-2-9/h1-7,18H,16H2. The number of anilines is 1. The molecule has 18 heavy (non-hydrogen) atoms. The van der Waals surface area contributed by atoms with Gasteiger partial charge in [-0.05, 0) is 42.0 Å². The summed E-state index contributed by atoms with van der Waals surface area (Å²) in [4.78, 5) is 4.24. The SMILES string of the molecule is Nc1c(Cl)cc(C=Nc2ccc(O)cc2)cc1Cl. The summed E-state index contributed by atoms with van der Waals surface area (Å²) in [5, 5.41) is 9.94. The van der Waals surface area contributed by atoms with Crippen LogP contribution in [0.3, 0.4) is 0 Å². The molecule has 0 aliphatic heterocycles. The zero-order chi connectivity index (χ0) is 13.1. The number of halogens is 2. The van der Waals surface area contributed by atoms with Crippen molar-refractivity contribution in [2.45, 2.75) is 0 Å². The van der Waals surface area contributed by atoms with Crippen LogP contribution in [0.5, 0.6) is 5.75 Å². The maximum Gasteiger partial charge on any atom is 0.115 e. The van der Waals surface area contributed by atoms with E-state index in [9.17, 15) is 0 Å². The lowest BCUT2D eigenvalue weighted by atomic mass is 10.2. The molecule has 0 unspecified atom stereocenters. The van der Waals surface area contributed by atoms with Gasteiger partial charge < -0.3 is 10.8 Å². The lowest BCUT2D eigenvalue weighted by Gasteiger charge is -2.02. The summed E-state index contributed by atoms with van der Waals surface area (Å²) in [5.74, 6) is 0.201. The van der Waals surface area contributed by atoms with Crippen LogP contribution >= 0.6 is 23.2 Å². The van der Waals surface area contributed by atoms with Gasteiger partial charge in [0.05, 0.1) is 21.4 Å². The Morgan fingerprint density at radius 1 is 1.06 bits per heavy atom. The predicted octanol–water partition coefficient (Wildman–Crippen LogP) is 4.03. The molecule has 0 amide bonds. The fourth-order valence-electron chi connectivity index (χ4n) is 1.37. The van der Waals surface area contributed by atoms with Crippen LogP contribution in [0.4, 0.5) is 11.4 Å². The van der Waals surface area contributed by atoms with E-state index >= 15 is 0 Å². The summed E-state index contributed by atoms with van der Waals surface area (Å²) >= 11 is 11.8. The monoisotopic (exact) mass is 280 g/mol. The second kappa shape index (κ2) is 5.29. The Bertz CT molecular complexity index is 571. The molecule has 2 aromatic rings. The highest BCUT2D eigenvalue weighted by Crippen LogP contribution is 2.28. The fraction of sp³-hybridized carbons (Fsp3) is 0. The van der Waals surface area contributed by atoms with Crippen molar-refractivity contribution in [3.05, 3.63) is 52.0 Å². The number of nitrogens with zero attached hydrogens (tertiary/aromatic N) is 1. The van der Waals surface area contributed by atoms with E-state index in [0.717, 1.165) is 11.3 Å². The van der Waals surface area contributed by atoms with Crippen LogP contribution < -0.4 is 5.73 Å². The van der Waals surface area contributed by atoms with Crippen molar-refractivity contribution in [3.63, 3.8) is 0 Å². The van der Waals surface area contributed by atoms with E-state index in [0.29, 0.717) is 15.7 Å². The molecule has 0 bridgehead atoms. The average molecular weight is 281 g/mol. The Labute approximate surface area is 114 Å². The summed E-state index contributed by atoms with van der Waals surface area (Å²) in [5.41, 5.74) is 7.48. The third kappa shape index (κ3) is 2.94. The zero-order valence-electron chi connectivity index (χ0n) is 9.27. The molecule has 0 aliphatic carbocycles. The van der Waals surface area contributed by atoms with Crippen LogP contribution in [0.25, 0.3) is 0 Å². The van der Waals surface area contributed by atoms with Crippen LogP contribution in [0.15, 0.2) is 41.4 Å². The molecule has 2 aromatic carbocycles. The van der Waals surface area contributed by atoms with Crippen molar-refractivity contribution in [1.29, 1.82) is 0 Å². The summed E-state index contributed by atoms with van der Waals surface area (Å²) < 4.78 is 0. The number of aliphatic imine (C=N–C) groups is 1. The van der Waals surface area contributed by atoms with Gasteiger partial charge in [0.2, 0.25) is 0 Å². The Hall–Kier alpha value is -1.71. The van der Waals surface area contributed by atoms with Gasteiger partial charge >= 0.3 is 0 Å². The molecule has 0 spiro atoms. The van der Waals surface area contributed by atoms with Crippen LogP contribution in [-0.4, -0.2) is 11.3 Å². The number of benzene rings is 2. The topological polar surface area (TPSA) is 58.6 Å². The maximum atomic E-state index is 9.14. The van der Waals surface area contributed by atoms with E-state index in [-0.39, 0.29) is 5.75 Å². The maximum absolute atomic E-state index is 9.14. The van der Waals surface area contributed by atoms with E-state index in [2.05, 4.69) is 4.99 Å². The van der Waals surface area contributed by atoms with Crippen molar-refractivity contribution in [2.24, 2.45) is 4.99 Å². The number of hydrogen-bond donors (Lipinski definition) is 2. The number of nitrogen functional groups attached to an aromatic ring is 1. The fourth-order valence-corrected chi connectivity index (χ4v) is 1.87. The summed E-state index contributed by atoms with van der Waals surface area (Å²) in [6, 6.07) is 9.91. The molecule has 0 aromatic heterocycles. The highest BCUT2D eigenvalue weighted by Gasteiger charge is 2.03. The number of phenols is 1. The van der Waals surface area contributed by atoms with Crippen molar-refractivity contribution < 1.29 is 5.11 Å². The minimum atomic E-state index is 0.201. The van der Waals surface area contributed by atoms with E-state index in [1.807, 2.05) is 0 Å². The molecule has 5 heteroatoms. The predicted molar refractivity (Wildman–Crippen MR) is 76.2 cm³/mol. The molecule has 92 valence electrons. The highest BCUT2D eigenvalue weighted by molar-refractivity contribution is 6.39. The van der Waals surface area contributed by atoms with Gasteiger partial charge in [-0.25, -0.2) is 0 Å².